The molecule has 0 aliphatic carbocycles. The van der Waals surface area contributed by atoms with E-state index in [4.69, 9.17) is 5.11 Å². The SMILES string of the molecule is CN1CCc2c(sc(=O)n2CCC(=O)O)C1. The van der Waals surface area contributed by atoms with Crippen LogP contribution < -0.4 is 4.87 Å². The van der Waals surface area contributed by atoms with Crippen LogP contribution in [-0.4, -0.2) is 34.1 Å². The molecule has 2 rings (SSSR count). The Labute approximate surface area is 96.9 Å². The van der Waals surface area contributed by atoms with Crippen molar-refractivity contribution >= 4 is 17.3 Å². The molecular weight excluding hydrogens is 228 g/mol. The van der Waals surface area contributed by atoms with Gasteiger partial charge in [0.1, 0.15) is 0 Å². The number of nitrogens with zero attached hydrogens (tertiary/aromatic N) is 2. The Hall–Kier alpha value is -1.14. The predicted octanol–water partition coefficient (Wildman–Crippen LogP) is 0.372. The minimum absolute atomic E-state index is 0.0128. The van der Waals surface area contributed by atoms with Crippen molar-refractivity contribution in [2.75, 3.05) is 13.6 Å². The van der Waals surface area contributed by atoms with Gasteiger partial charge in [0.25, 0.3) is 0 Å². The van der Waals surface area contributed by atoms with Crippen molar-refractivity contribution in [2.24, 2.45) is 0 Å². The fourth-order valence-electron chi connectivity index (χ4n) is 1.93. The van der Waals surface area contributed by atoms with Crippen LogP contribution in [0.3, 0.4) is 0 Å². The first-order valence-corrected chi connectivity index (χ1v) is 6.01. The Kier molecular flexibility index (Phi) is 3.11. The number of carbonyl (C=O) groups is 1. The standard InChI is InChI=1S/C10H14N2O3S/c1-11-4-2-7-8(6-11)16-10(15)12(7)5-3-9(13)14/h2-6H2,1H3,(H,13,14). The highest BCUT2D eigenvalue weighted by molar-refractivity contribution is 7.09. The molecule has 88 valence electrons. The van der Waals surface area contributed by atoms with E-state index in [9.17, 15) is 9.59 Å². The van der Waals surface area contributed by atoms with Gasteiger partial charge in [-0.2, -0.15) is 0 Å². The Morgan fingerprint density at radius 2 is 2.31 bits per heavy atom. The van der Waals surface area contributed by atoms with Gasteiger partial charge in [-0.3, -0.25) is 9.59 Å². The van der Waals surface area contributed by atoms with Gasteiger partial charge in [-0.25, -0.2) is 0 Å². The molecule has 1 aliphatic heterocycles. The zero-order valence-electron chi connectivity index (χ0n) is 9.10. The van der Waals surface area contributed by atoms with E-state index in [0.717, 1.165) is 30.1 Å². The van der Waals surface area contributed by atoms with Gasteiger partial charge in [0.15, 0.2) is 0 Å². The number of hydrogen-bond acceptors (Lipinski definition) is 4. The maximum absolute atomic E-state index is 11.7. The average Bonchev–Trinajstić information content (AvgIpc) is 2.50. The second-order valence-corrected chi connectivity index (χ2v) is 5.07. The van der Waals surface area contributed by atoms with Crippen LogP contribution in [-0.2, 0) is 24.3 Å². The smallest absolute Gasteiger partial charge is 0.307 e. The Bertz CT molecular complexity index is 463. The lowest BCUT2D eigenvalue weighted by Gasteiger charge is -2.22. The quantitative estimate of drug-likeness (QED) is 0.832. The fraction of sp³-hybridized carbons (Fsp3) is 0.600. The summed E-state index contributed by atoms with van der Waals surface area (Å²) in [5, 5.41) is 8.63. The van der Waals surface area contributed by atoms with Crippen molar-refractivity contribution in [1.82, 2.24) is 9.47 Å². The van der Waals surface area contributed by atoms with Gasteiger partial charge in [-0.1, -0.05) is 11.3 Å². The molecule has 0 unspecified atom stereocenters. The van der Waals surface area contributed by atoms with Gasteiger partial charge in [0, 0.05) is 36.6 Å². The highest BCUT2D eigenvalue weighted by Crippen LogP contribution is 2.20. The number of aliphatic carboxylic acids is 1. The lowest BCUT2D eigenvalue weighted by Crippen LogP contribution is -2.28. The van der Waals surface area contributed by atoms with Gasteiger partial charge in [0.05, 0.1) is 6.42 Å². The second-order valence-electron chi connectivity index (χ2n) is 4.02. The summed E-state index contributed by atoms with van der Waals surface area (Å²) < 4.78 is 1.63. The molecule has 0 bridgehead atoms. The molecule has 1 N–H and O–H groups in total. The maximum atomic E-state index is 11.7. The summed E-state index contributed by atoms with van der Waals surface area (Å²) in [6, 6.07) is 0. The molecule has 5 nitrogen and oxygen atoms in total. The Balaban J connectivity index is 2.25. The molecule has 0 saturated carbocycles. The van der Waals surface area contributed by atoms with E-state index in [0.29, 0.717) is 6.54 Å². The lowest BCUT2D eigenvalue weighted by molar-refractivity contribution is -0.137. The van der Waals surface area contributed by atoms with E-state index >= 15 is 0 Å². The van der Waals surface area contributed by atoms with Crippen molar-refractivity contribution in [3.63, 3.8) is 0 Å². The van der Waals surface area contributed by atoms with Crippen molar-refractivity contribution in [3.8, 4) is 0 Å². The van der Waals surface area contributed by atoms with Crippen molar-refractivity contribution in [1.29, 1.82) is 0 Å². The third-order valence-electron chi connectivity index (χ3n) is 2.77. The molecule has 1 aliphatic rings. The van der Waals surface area contributed by atoms with Crippen LogP contribution in [0.15, 0.2) is 4.79 Å². The summed E-state index contributed by atoms with van der Waals surface area (Å²) >= 11 is 1.25. The van der Waals surface area contributed by atoms with Crippen LogP contribution in [0, 0.1) is 0 Å². The molecule has 1 aromatic heterocycles. The number of carboxylic acids is 1. The molecule has 0 spiro atoms. The number of aromatic nitrogens is 1. The summed E-state index contributed by atoms with van der Waals surface area (Å²) in [6.07, 6.45) is 0.850. The number of carboxylic acid groups (broad SMARTS) is 1. The molecule has 16 heavy (non-hydrogen) atoms. The van der Waals surface area contributed by atoms with E-state index in [1.807, 2.05) is 7.05 Å². The van der Waals surface area contributed by atoms with Crippen LogP contribution in [0.4, 0.5) is 0 Å². The first-order chi connectivity index (χ1) is 7.58. The summed E-state index contributed by atoms with van der Waals surface area (Å²) in [5.74, 6) is -0.861. The topological polar surface area (TPSA) is 62.5 Å². The average molecular weight is 242 g/mol. The van der Waals surface area contributed by atoms with Gasteiger partial charge >= 0.3 is 10.8 Å². The van der Waals surface area contributed by atoms with Crippen molar-refractivity contribution in [3.05, 3.63) is 20.2 Å². The molecule has 0 saturated heterocycles. The second kappa shape index (κ2) is 4.39. The first-order valence-electron chi connectivity index (χ1n) is 5.19. The van der Waals surface area contributed by atoms with E-state index in [2.05, 4.69) is 4.90 Å². The third kappa shape index (κ3) is 2.17. The van der Waals surface area contributed by atoms with Crippen LogP contribution in [0.2, 0.25) is 0 Å². The molecule has 0 atom stereocenters. The maximum Gasteiger partial charge on any atom is 0.307 e. The normalized spacial score (nSPS) is 16.1. The lowest BCUT2D eigenvalue weighted by atomic mass is 10.2. The number of fused-ring (bicyclic) bond motifs is 1. The fourth-order valence-corrected chi connectivity index (χ4v) is 3.07. The zero-order chi connectivity index (χ0) is 11.7. The minimum atomic E-state index is -0.861. The largest absolute Gasteiger partial charge is 0.481 e. The number of rotatable bonds is 3. The molecule has 2 heterocycles. The predicted molar refractivity (Wildman–Crippen MR) is 60.9 cm³/mol. The molecule has 1 aromatic rings. The molecule has 0 aromatic carbocycles. The first kappa shape index (κ1) is 11.3. The number of hydrogen-bond donors (Lipinski definition) is 1. The third-order valence-corrected chi connectivity index (χ3v) is 3.78. The molecular formula is C10H14N2O3S. The van der Waals surface area contributed by atoms with E-state index in [-0.39, 0.29) is 11.3 Å². The van der Waals surface area contributed by atoms with Crippen LogP contribution in [0.25, 0.3) is 0 Å². The minimum Gasteiger partial charge on any atom is -0.481 e. The summed E-state index contributed by atoms with van der Waals surface area (Å²) in [5.41, 5.74) is 1.04. The van der Waals surface area contributed by atoms with Crippen LogP contribution in [0.1, 0.15) is 17.0 Å². The molecule has 0 fully saturated rings. The number of likely N-dealkylation sites (N-methyl/N-ethyl adjacent to an activating group) is 1. The van der Waals surface area contributed by atoms with Crippen LogP contribution in [0.5, 0.6) is 0 Å². The Morgan fingerprint density at radius 1 is 1.56 bits per heavy atom. The molecule has 6 heteroatoms. The zero-order valence-corrected chi connectivity index (χ0v) is 9.92. The summed E-state index contributed by atoms with van der Waals surface area (Å²) in [6.45, 7) is 2.02. The summed E-state index contributed by atoms with van der Waals surface area (Å²) in [7, 11) is 2.02. The summed E-state index contributed by atoms with van der Waals surface area (Å²) in [4.78, 5) is 25.4. The highest BCUT2D eigenvalue weighted by atomic mass is 32.1. The van der Waals surface area contributed by atoms with Gasteiger partial charge in [0.2, 0.25) is 0 Å². The van der Waals surface area contributed by atoms with Gasteiger partial charge in [-0.05, 0) is 7.05 Å². The highest BCUT2D eigenvalue weighted by Gasteiger charge is 2.20. The van der Waals surface area contributed by atoms with E-state index in [1.54, 1.807) is 4.57 Å². The molecule has 0 amide bonds. The van der Waals surface area contributed by atoms with Crippen LogP contribution >= 0.6 is 11.3 Å². The van der Waals surface area contributed by atoms with Gasteiger partial charge < -0.3 is 14.6 Å². The van der Waals surface area contributed by atoms with E-state index in [1.165, 1.54) is 11.3 Å². The van der Waals surface area contributed by atoms with E-state index < -0.39 is 5.97 Å². The molecule has 0 radical (unpaired) electrons. The Morgan fingerprint density at radius 3 is 3.00 bits per heavy atom. The number of thiazole rings is 1. The van der Waals surface area contributed by atoms with Crippen molar-refractivity contribution < 1.29 is 9.90 Å². The monoisotopic (exact) mass is 242 g/mol. The van der Waals surface area contributed by atoms with Gasteiger partial charge in [-0.15, -0.1) is 0 Å². The van der Waals surface area contributed by atoms with Crippen molar-refractivity contribution in [2.45, 2.75) is 25.9 Å².